The van der Waals surface area contributed by atoms with Crippen molar-refractivity contribution in [2.75, 3.05) is 6.54 Å². The first-order valence-electron chi connectivity index (χ1n) is 4.76. The van der Waals surface area contributed by atoms with Gasteiger partial charge in [0, 0.05) is 13.0 Å². The molecule has 0 aromatic carbocycles. The van der Waals surface area contributed by atoms with Gasteiger partial charge in [-0.25, -0.2) is 9.59 Å². The average Bonchev–Trinajstić information content (AvgIpc) is 2.08. The number of carboxylic acids is 1. The van der Waals surface area contributed by atoms with E-state index in [1.54, 1.807) is 13.8 Å². The lowest BCUT2D eigenvalue weighted by atomic mass is 10.0. The molecule has 1 aliphatic rings. The van der Waals surface area contributed by atoms with Crippen LogP contribution in [-0.4, -0.2) is 40.5 Å². The Morgan fingerprint density at radius 1 is 1.47 bits per heavy atom. The van der Waals surface area contributed by atoms with E-state index < -0.39 is 18.0 Å². The number of rotatable bonds is 3. The van der Waals surface area contributed by atoms with Crippen LogP contribution in [-0.2, 0) is 9.59 Å². The van der Waals surface area contributed by atoms with Gasteiger partial charge < -0.3 is 10.0 Å². The number of aliphatic carboxylic acids is 1. The zero-order valence-corrected chi connectivity index (χ0v) is 8.69. The number of urea groups is 1. The van der Waals surface area contributed by atoms with Gasteiger partial charge in [0.15, 0.2) is 0 Å². The summed E-state index contributed by atoms with van der Waals surface area (Å²) in [5.41, 5.74) is 0. The van der Waals surface area contributed by atoms with E-state index in [2.05, 4.69) is 5.32 Å². The quantitative estimate of drug-likeness (QED) is 0.694. The molecular formula is C9H14N2O4. The molecule has 1 rings (SSSR count). The monoisotopic (exact) mass is 214 g/mol. The van der Waals surface area contributed by atoms with Crippen molar-refractivity contribution in [3.8, 4) is 0 Å². The highest BCUT2D eigenvalue weighted by Gasteiger charge is 2.35. The summed E-state index contributed by atoms with van der Waals surface area (Å²) in [5.74, 6) is -1.60. The van der Waals surface area contributed by atoms with Crippen LogP contribution in [0, 0.1) is 5.92 Å². The van der Waals surface area contributed by atoms with Crippen LogP contribution < -0.4 is 5.32 Å². The molecule has 0 unspecified atom stereocenters. The van der Waals surface area contributed by atoms with E-state index in [1.165, 1.54) is 4.90 Å². The molecule has 84 valence electrons. The Hall–Kier alpha value is -1.59. The van der Waals surface area contributed by atoms with Crippen LogP contribution in [0.25, 0.3) is 0 Å². The summed E-state index contributed by atoms with van der Waals surface area (Å²) in [6.45, 7) is 3.62. The van der Waals surface area contributed by atoms with Gasteiger partial charge in [0.1, 0.15) is 6.04 Å². The van der Waals surface area contributed by atoms with Crippen LogP contribution >= 0.6 is 0 Å². The lowest BCUT2D eigenvalue weighted by Gasteiger charge is -2.33. The van der Waals surface area contributed by atoms with Crippen molar-refractivity contribution in [3.05, 3.63) is 0 Å². The molecule has 1 fully saturated rings. The molecular weight excluding hydrogens is 200 g/mol. The normalized spacial score (nSPS) is 19.0. The fourth-order valence-corrected chi connectivity index (χ4v) is 1.62. The lowest BCUT2D eigenvalue weighted by molar-refractivity contribution is -0.144. The van der Waals surface area contributed by atoms with E-state index in [0.29, 0.717) is 0 Å². The molecule has 0 spiro atoms. The van der Waals surface area contributed by atoms with Gasteiger partial charge in [-0.2, -0.15) is 0 Å². The van der Waals surface area contributed by atoms with Crippen molar-refractivity contribution < 1.29 is 19.5 Å². The fourth-order valence-electron chi connectivity index (χ4n) is 1.62. The van der Waals surface area contributed by atoms with E-state index in [0.717, 1.165) is 0 Å². The van der Waals surface area contributed by atoms with Gasteiger partial charge in [-0.3, -0.25) is 10.1 Å². The Kier molecular flexibility index (Phi) is 3.28. The minimum atomic E-state index is -1.05. The summed E-state index contributed by atoms with van der Waals surface area (Å²) < 4.78 is 0. The highest BCUT2D eigenvalue weighted by Crippen LogP contribution is 2.14. The first-order valence-corrected chi connectivity index (χ1v) is 4.76. The molecule has 3 amide bonds. The van der Waals surface area contributed by atoms with Crippen LogP contribution in [0.5, 0.6) is 0 Å². The predicted octanol–water partition coefficient (Wildman–Crippen LogP) is 0.0375. The Morgan fingerprint density at radius 2 is 2.07 bits per heavy atom. The van der Waals surface area contributed by atoms with Gasteiger partial charge in [-0.1, -0.05) is 13.8 Å². The van der Waals surface area contributed by atoms with Crippen LogP contribution in [0.2, 0.25) is 0 Å². The zero-order valence-electron chi connectivity index (χ0n) is 8.69. The number of carbonyl (C=O) groups is 3. The molecule has 1 heterocycles. The van der Waals surface area contributed by atoms with Gasteiger partial charge >= 0.3 is 12.0 Å². The Bertz CT molecular complexity index is 300. The molecule has 0 saturated carbocycles. The van der Waals surface area contributed by atoms with Gasteiger partial charge in [0.05, 0.1) is 0 Å². The Labute approximate surface area is 87.2 Å². The van der Waals surface area contributed by atoms with E-state index in [1.807, 2.05) is 0 Å². The van der Waals surface area contributed by atoms with Gasteiger partial charge in [0.2, 0.25) is 5.91 Å². The van der Waals surface area contributed by atoms with Gasteiger partial charge in [0.25, 0.3) is 0 Å². The summed E-state index contributed by atoms with van der Waals surface area (Å²) in [6, 6.07) is -1.49. The molecule has 2 N–H and O–H groups in total. The largest absolute Gasteiger partial charge is 0.480 e. The van der Waals surface area contributed by atoms with Gasteiger partial charge in [-0.05, 0) is 5.92 Å². The van der Waals surface area contributed by atoms with Gasteiger partial charge in [-0.15, -0.1) is 0 Å². The lowest BCUT2D eigenvalue weighted by Crippen LogP contribution is -2.57. The third kappa shape index (κ3) is 2.45. The number of carbonyl (C=O) groups excluding carboxylic acids is 2. The van der Waals surface area contributed by atoms with E-state index in [4.69, 9.17) is 5.11 Å². The topological polar surface area (TPSA) is 86.7 Å². The number of hydrogen-bond acceptors (Lipinski definition) is 3. The third-order valence-corrected chi connectivity index (χ3v) is 2.31. The third-order valence-electron chi connectivity index (χ3n) is 2.31. The number of hydrogen-bond donors (Lipinski definition) is 2. The SMILES string of the molecule is CC(C)[C@H](C(=O)O)N1CCC(=O)NC1=O. The van der Waals surface area contributed by atoms with Crippen molar-refractivity contribution >= 4 is 17.9 Å². The maximum Gasteiger partial charge on any atom is 0.326 e. The fraction of sp³-hybridized carbons (Fsp3) is 0.667. The molecule has 6 heteroatoms. The highest BCUT2D eigenvalue weighted by atomic mass is 16.4. The smallest absolute Gasteiger partial charge is 0.326 e. The zero-order chi connectivity index (χ0) is 11.6. The molecule has 1 atom stereocenters. The van der Waals surface area contributed by atoms with Crippen LogP contribution in [0.15, 0.2) is 0 Å². The molecule has 0 radical (unpaired) electrons. The first-order chi connectivity index (χ1) is 6.93. The number of carboxylic acid groups (broad SMARTS) is 1. The van der Waals surface area contributed by atoms with Crippen molar-refractivity contribution in [2.45, 2.75) is 26.3 Å². The van der Waals surface area contributed by atoms with E-state index in [-0.39, 0.29) is 24.8 Å². The summed E-state index contributed by atoms with van der Waals surface area (Å²) in [6.07, 6.45) is 0.155. The second-order valence-electron chi connectivity index (χ2n) is 3.82. The molecule has 0 aliphatic carbocycles. The molecule has 6 nitrogen and oxygen atoms in total. The van der Waals surface area contributed by atoms with Crippen molar-refractivity contribution in [2.24, 2.45) is 5.92 Å². The van der Waals surface area contributed by atoms with Crippen molar-refractivity contribution in [3.63, 3.8) is 0 Å². The maximum absolute atomic E-state index is 11.4. The Morgan fingerprint density at radius 3 is 2.47 bits per heavy atom. The minimum absolute atomic E-state index is 0.155. The van der Waals surface area contributed by atoms with E-state index >= 15 is 0 Å². The van der Waals surface area contributed by atoms with Crippen molar-refractivity contribution in [1.29, 1.82) is 0 Å². The molecule has 15 heavy (non-hydrogen) atoms. The Balaban J connectivity index is 2.80. The molecule has 0 aromatic heterocycles. The molecule has 1 saturated heterocycles. The van der Waals surface area contributed by atoms with Crippen LogP contribution in [0.3, 0.4) is 0 Å². The number of nitrogens with one attached hydrogen (secondary N) is 1. The number of nitrogens with zero attached hydrogens (tertiary/aromatic N) is 1. The van der Waals surface area contributed by atoms with Crippen LogP contribution in [0.4, 0.5) is 4.79 Å². The summed E-state index contributed by atoms with van der Waals surface area (Å²) in [7, 11) is 0. The van der Waals surface area contributed by atoms with Crippen molar-refractivity contribution in [1.82, 2.24) is 10.2 Å². The first kappa shape index (κ1) is 11.5. The molecule has 0 aromatic rings. The van der Waals surface area contributed by atoms with E-state index in [9.17, 15) is 14.4 Å². The number of amides is 3. The summed E-state index contributed by atoms with van der Waals surface area (Å²) in [5, 5.41) is 11.1. The highest BCUT2D eigenvalue weighted by molar-refractivity contribution is 5.98. The second kappa shape index (κ2) is 4.29. The molecule has 0 bridgehead atoms. The summed E-state index contributed by atoms with van der Waals surface area (Å²) >= 11 is 0. The second-order valence-corrected chi connectivity index (χ2v) is 3.82. The standard InChI is InChI=1S/C9H14N2O4/c1-5(2)7(8(13)14)11-4-3-6(12)10-9(11)15/h5,7H,3-4H2,1-2H3,(H,13,14)(H,10,12,15)/t7-/m1/s1. The average molecular weight is 214 g/mol. The summed E-state index contributed by atoms with van der Waals surface area (Å²) in [4.78, 5) is 34.4. The predicted molar refractivity (Wildman–Crippen MR) is 51.1 cm³/mol. The molecule has 1 aliphatic heterocycles. The minimum Gasteiger partial charge on any atom is -0.480 e. The maximum atomic E-state index is 11.4. The number of imide groups is 1. The van der Waals surface area contributed by atoms with Crippen LogP contribution in [0.1, 0.15) is 20.3 Å².